The maximum atomic E-state index is 5.35. The van der Waals surface area contributed by atoms with Crippen molar-refractivity contribution in [1.82, 2.24) is 24.8 Å². The number of rotatable bonds is 0. The topological polar surface area (TPSA) is 111 Å². The second-order valence-corrected chi connectivity index (χ2v) is 1.80. The number of nitrogens with zero attached hydrogens (tertiary/aromatic N) is 4. The molecule has 2 aromatic rings. The predicted molar refractivity (Wildman–Crippen MR) is 34.0 cm³/mol. The van der Waals surface area contributed by atoms with Crippen LogP contribution in [0.5, 0.6) is 0 Å². The summed E-state index contributed by atoms with van der Waals surface area (Å²) >= 11 is 0. The first-order chi connectivity index (χ1) is 4.77. The molecular formula is C3H5N7. The highest BCUT2D eigenvalue weighted by Crippen LogP contribution is 2.01. The number of H-pyrrole nitrogens is 1. The van der Waals surface area contributed by atoms with Gasteiger partial charge in [0, 0.05) is 0 Å². The lowest BCUT2D eigenvalue weighted by atomic mass is 11.0. The molecule has 52 valence electrons. The molecule has 0 atom stereocenters. The second-order valence-electron chi connectivity index (χ2n) is 1.80. The molecule has 0 fully saturated rings. The summed E-state index contributed by atoms with van der Waals surface area (Å²) in [7, 11) is 0. The van der Waals surface area contributed by atoms with Crippen molar-refractivity contribution >= 4 is 17.7 Å². The Morgan fingerprint density at radius 1 is 1.30 bits per heavy atom. The van der Waals surface area contributed by atoms with Crippen LogP contribution in [0.2, 0.25) is 0 Å². The Kier molecular flexibility index (Phi) is 0.693. The molecule has 0 aliphatic carbocycles. The zero-order valence-corrected chi connectivity index (χ0v) is 4.94. The van der Waals surface area contributed by atoms with Crippen molar-refractivity contribution in [2.45, 2.75) is 0 Å². The number of nitrogens with two attached hydrogens (primary N) is 2. The minimum absolute atomic E-state index is 0.249. The molecule has 0 spiro atoms. The summed E-state index contributed by atoms with van der Waals surface area (Å²) < 4.78 is 1.40. The number of nitrogen functional groups attached to an aromatic ring is 2. The molecule has 2 rings (SSSR count). The lowest BCUT2D eigenvalue weighted by Crippen LogP contribution is -1.95. The summed E-state index contributed by atoms with van der Waals surface area (Å²) in [4.78, 5) is 3.77. The number of hydrogen-bond donors (Lipinski definition) is 3. The molecular weight excluding hydrogens is 134 g/mol. The van der Waals surface area contributed by atoms with Crippen molar-refractivity contribution in [2.24, 2.45) is 0 Å². The summed E-state index contributed by atoms with van der Waals surface area (Å²) in [5.74, 6) is 0.908. The van der Waals surface area contributed by atoms with E-state index in [1.807, 2.05) is 0 Å². The van der Waals surface area contributed by atoms with Crippen molar-refractivity contribution < 1.29 is 0 Å². The van der Waals surface area contributed by atoms with Gasteiger partial charge in [-0.2, -0.15) is 9.50 Å². The molecule has 0 saturated carbocycles. The molecule has 0 bridgehead atoms. The number of hydrogen-bond acceptors (Lipinski definition) is 5. The van der Waals surface area contributed by atoms with Gasteiger partial charge in [0.15, 0.2) is 0 Å². The van der Waals surface area contributed by atoms with Gasteiger partial charge in [0.05, 0.1) is 0 Å². The average Bonchev–Trinajstić information content (AvgIpc) is 2.35. The Balaban J connectivity index is 2.90. The maximum absolute atomic E-state index is 5.35. The van der Waals surface area contributed by atoms with Crippen LogP contribution in [-0.4, -0.2) is 24.8 Å². The number of aromatic nitrogens is 5. The van der Waals surface area contributed by atoms with Crippen LogP contribution in [0, 0.1) is 0 Å². The van der Waals surface area contributed by atoms with Crippen molar-refractivity contribution in [3.8, 4) is 0 Å². The molecule has 0 aromatic carbocycles. The third-order valence-corrected chi connectivity index (χ3v) is 1.12. The van der Waals surface area contributed by atoms with Gasteiger partial charge in [-0.1, -0.05) is 0 Å². The van der Waals surface area contributed by atoms with E-state index in [0.717, 1.165) is 0 Å². The van der Waals surface area contributed by atoms with Gasteiger partial charge in [-0.3, -0.25) is 5.10 Å². The fraction of sp³-hybridized carbons (Fsp3) is 0. The zero-order valence-electron chi connectivity index (χ0n) is 4.94. The third kappa shape index (κ3) is 0.457. The van der Waals surface area contributed by atoms with Crippen LogP contribution in [0.1, 0.15) is 0 Å². The number of aromatic amines is 1. The maximum Gasteiger partial charge on any atom is 0.274 e. The van der Waals surface area contributed by atoms with Crippen LogP contribution in [0.25, 0.3) is 5.78 Å². The Morgan fingerprint density at radius 3 is 2.80 bits per heavy atom. The molecule has 7 heteroatoms. The lowest BCUT2D eigenvalue weighted by Gasteiger charge is -1.82. The summed E-state index contributed by atoms with van der Waals surface area (Å²) in [5.41, 5.74) is 10.6. The quantitative estimate of drug-likeness (QED) is 0.416. The zero-order chi connectivity index (χ0) is 7.14. The van der Waals surface area contributed by atoms with Crippen LogP contribution < -0.4 is 11.5 Å². The van der Waals surface area contributed by atoms with E-state index in [2.05, 4.69) is 20.3 Å². The highest BCUT2D eigenvalue weighted by Gasteiger charge is 2.03. The molecule has 0 amide bonds. The summed E-state index contributed by atoms with van der Waals surface area (Å²) in [6.45, 7) is 0. The van der Waals surface area contributed by atoms with Crippen LogP contribution in [-0.2, 0) is 0 Å². The van der Waals surface area contributed by atoms with Gasteiger partial charge >= 0.3 is 0 Å². The van der Waals surface area contributed by atoms with Crippen LogP contribution >= 0.6 is 0 Å². The van der Waals surface area contributed by atoms with E-state index in [4.69, 9.17) is 11.5 Å². The molecule has 7 nitrogen and oxygen atoms in total. The molecule has 2 aromatic heterocycles. The number of fused-ring (bicyclic) bond motifs is 1. The minimum Gasteiger partial charge on any atom is -0.368 e. The largest absolute Gasteiger partial charge is 0.368 e. The van der Waals surface area contributed by atoms with Gasteiger partial charge in [-0.25, -0.2) is 0 Å². The monoisotopic (exact) mass is 139 g/mol. The van der Waals surface area contributed by atoms with E-state index >= 15 is 0 Å². The highest BCUT2D eigenvalue weighted by atomic mass is 15.5. The van der Waals surface area contributed by atoms with Crippen molar-refractivity contribution in [1.29, 1.82) is 0 Å². The molecule has 0 unspecified atom stereocenters. The van der Waals surface area contributed by atoms with Gasteiger partial charge < -0.3 is 11.5 Å². The normalized spacial score (nSPS) is 10.8. The second kappa shape index (κ2) is 1.38. The SMILES string of the molecule is Nc1nc2nnc(N)n2[nH]1. The number of nitrogens with one attached hydrogen (secondary N) is 1. The average molecular weight is 139 g/mol. The third-order valence-electron chi connectivity index (χ3n) is 1.12. The van der Waals surface area contributed by atoms with E-state index in [9.17, 15) is 0 Å². The van der Waals surface area contributed by atoms with Crippen LogP contribution in [0.15, 0.2) is 0 Å². The Morgan fingerprint density at radius 2 is 2.10 bits per heavy atom. The first kappa shape index (κ1) is 5.03. The van der Waals surface area contributed by atoms with E-state index in [1.54, 1.807) is 0 Å². The van der Waals surface area contributed by atoms with Gasteiger partial charge in [-0.05, 0) is 0 Å². The van der Waals surface area contributed by atoms with Crippen molar-refractivity contribution in [3.63, 3.8) is 0 Å². The van der Waals surface area contributed by atoms with E-state index in [0.29, 0.717) is 5.78 Å². The summed E-state index contributed by atoms with van der Waals surface area (Å²) in [6.07, 6.45) is 0. The Labute approximate surface area is 55.0 Å². The first-order valence-electron chi connectivity index (χ1n) is 2.59. The fourth-order valence-electron chi connectivity index (χ4n) is 0.715. The summed E-state index contributed by atoms with van der Waals surface area (Å²) in [6, 6.07) is 0. The molecule has 0 radical (unpaired) electrons. The highest BCUT2D eigenvalue weighted by molar-refractivity contribution is 5.38. The minimum atomic E-state index is 0.249. The van der Waals surface area contributed by atoms with Crippen LogP contribution in [0.4, 0.5) is 11.9 Å². The van der Waals surface area contributed by atoms with Gasteiger partial charge in [0.25, 0.3) is 5.78 Å². The van der Waals surface area contributed by atoms with Crippen LogP contribution in [0.3, 0.4) is 0 Å². The number of anilines is 2. The molecule has 2 heterocycles. The Bertz CT molecular complexity index is 356. The smallest absolute Gasteiger partial charge is 0.274 e. The molecule has 0 aliphatic heterocycles. The van der Waals surface area contributed by atoms with E-state index < -0.39 is 0 Å². The standard InChI is InChI=1S/C3H5N7/c4-1-6-3-8-7-2(5)10(3)9-1/h(H2,5,7)(H3,4,6,8,9). The molecule has 0 saturated heterocycles. The van der Waals surface area contributed by atoms with Gasteiger partial charge in [0.2, 0.25) is 11.9 Å². The first-order valence-corrected chi connectivity index (χ1v) is 2.59. The Hall–Kier alpha value is -1.79. The molecule has 0 aliphatic rings. The summed E-state index contributed by atoms with van der Waals surface area (Å²) in [5, 5.41) is 9.78. The predicted octanol–water partition coefficient (Wildman–Crippen LogP) is -1.38. The van der Waals surface area contributed by atoms with Crippen molar-refractivity contribution in [3.05, 3.63) is 0 Å². The lowest BCUT2D eigenvalue weighted by molar-refractivity contribution is 0.977. The van der Waals surface area contributed by atoms with Gasteiger partial charge in [0.1, 0.15) is 0 Å². The fourth-order valence-corrected chi connectivity index (χ4v) is 0.715. The van der Waals surface area contributed by atoms with Gasteiger partial charge in [-0.15, -0.1) is 10.2 Å². The van der Waals surface area contributed by atoms with E-state index in [-0.39, 0.29) is 11.9 Å². The molecule has 5 N–H and O–H groups in total. The molecule has 10 heavy (non-hydrogen) atoms. The van der Waals surface area contributed by atoms with Crippen molar-refractivity contribution in [2.75, 3.05) is 11.5 Å². The van der Waals surface area contributed by atoms with E-state index in [1.165, 1.54) is 4.52 Å².